The van der Waals surface area contributed by atoms with Gasteiger partial charge < -0.3 is 15.2 Å². The first-order chi connectivity index (χ1) is 27.2. The number of nitrogens with zero attached hydrogens (tertiary/aromatic N) is 1. The monoisotopic (exact) mass is 804 g/mol. The Morgan fingerprint density at radius 2 is 1.43 bits per heavy atom. The molecule has 0 radical (unpaired) electrons. The van der Waals surface area contributed by atoms with Gasteiger partial charge in [-0.15, -0.1) is 0 Å². The van der Waals surface area contributed by atoms with Crippen LogP contribution in [0.15, 0.2) is 150 Å². The Bertz CT molecular complexity index is 2470. The van der Waals surface area contributed by atoms with Gasteiger partial charge in [0.25, 0.3) is 0 Å². The minimum atomic E-state index is -1.48. The molecule has 0 unspecified atom stereocenters. The molecule has 0 aromatic heterocycles. The largest absolute Gasteiger partial charge is 0.504 e. The van der Waals surface area contributed by atoms with E-state index in [-0.39, 0.29) is 47.7 Å². The van der Waals surface area contributed by atoms with Crippen LogP contribution in [0, 0.1) is 23.7 Å². The number of Topliss-reactive ketones (excluding diaryl/α,β-unsaturated/α-hetero) is 1. The van der Waals surface area contributed by atoms with E-state index in [9.17, 15) is 14.7 Å². The zero-order valence-corrected chi connectivity index (χ0v) is 32.0. The number of ketones is 2. The molecule has 0 spiro atoms. The molecule has 1 saturated carbocycles. The molecule has 56 heavy (non-hydrogen) atoms. The summed E-state index contributed by atoms with van der Waals surface area (Å²) in [6.07, 6.45) is 3.87. The topological polar surface area (TPSA) is 113 Å². The van der Waals surface area contributed by atoms with Crippen LogP contribution in [0.3, 0.4) is 0 Å². The minimum absolute atomic E-state index is 0.156. The molecule has 1 heterocycles. The van der Waals surface area contributed by atoms with E-state index in [1.807, 2.05) is 109 Å². The van der Waals surface area contributed by atoms with Crippen LogP contribution in [0.4, 0.5) is 17.1 Å². The molecule has 2 fully saturated rings. The first-order valence-corrected chi connectivity index (χ1v) is 19.5. The first-order valence-electron chi connectivity index (χ1n) is 18.7. The van der Waals surface area contributed by atoms with Gasteiger partial charge in [-0.05, 0) is 84.5 Å². The number of hydrogen-bond acceptors (Lipinski definition) is 7. The SMILES string of the molecule is COc1cc(Br)cc([C@H]2C3=CC[C@@H]4C(=O)N(c5ccc(Nc6ccccc6)cc5)C(=O)[C@@H]4[C@@H]3C[C@H]3C(=O)C(c4ccccc4)=CC(=O)[C@@]23c2ccccc2)c1O. The summed E-state index contributed by atoms with van der Waals surface area (Å²) in [6, 6.07) is 38.8. The van der Waals surface area contributed by atoms with E-state index in [1.54, 1.807) is 24.3 Å². The molecule has 8 nitrogen and oxygen atoms in total. The molecular weight excluding hydrogens is 768 g/mol. The van der Waals surface area contributed by atoms with Crippen LogP contribution in [-0.2, 0) is 24.6 Å². The third kappa shape index (κ3) is 5.47. The summed E-state index contributed by atoms with van der Waals surface area (Å²) in [5, 5.41) is 15.3. The molecule has 5 aromatic carbocycles. The molecule has 6 atom stereocenters. The van der Waals surface area contributed by atoms with Crippen molar-refractivity contribution in [1.29, 1.82) is 0 Å². The van der Waals surface area contributed by atoms with Crippen molar-refractivity contribution in [2.24, 2.45) is 23.7 Å². The summed E-state index contributed by atoms with van der Waals surface area (Å²) in [5.41, 5.74) is 3.42. The van der Waals surface area contributed by atoms with E-state index in [2.05, 4.69) is 21.2 Å². The Labute approximate surface area is 332 Å². The standard InChI is InChI=1S/C47H37BrN2O6/c1-56-39-24-29(48)23-37(44(39)53)42-33-21-22-34-41(46(55)50(45(34)54)32-19-17-31(18-20-32)49-30-15-9-4-10-16-30)36(33)25-38-43(52)35(27-11-5-2-6-12-27)26-40(51)47(38,42)28-13-7-3-8-14-28/h2-21,23-24,26,34,36,38,41-42,49,53H,22,25H2,1H3/t34-,36+,38-,41-,42+,47-/m0/s1. The molecule has 2 amide bonds. The summed E-state index contributed by atoms with van der Waals surface area (Å²) in [6.45, 7) is 0. The number of anilines is 3. The average molecular weight is 806 g/mol. The van der Waals surface area contributed by atoms with Crippen LogP contribution in [0.2, 0.25) is 0 Å². The van der Waals surface area contributed by atoms with E-state index in [0.717, 1.165) is 16.9 Å². The Morgan fingerprint density at radius 1 is 0.786 bits per heavy atom. The van der Waals surface area contributed by atoms with Crippen LogP contribution in [0.5, 0.6) is 11.5 Å². The van der Waals surface area contributed by atoms with Crippen molar-refractivity contribution in [2.45, 2.75) is 24.2 Å². The number of nitrogens with one attached hydrogen (secondary N) is 1. The van der Waals surface area contributed by atoms with E-state index >= 15 is 9.59 Å². The number of fused-ring (bicyclic) bond motifs is 4. The number of allylic oxidation sites excluding steroid dienone is 4. The predicted octanol–water partition coefficient (Wildman–Crippen LogP) is 8.94. The first kappa shape index (κ1) is 35.6. The number of benzene rings is 5. The second-order valence-electron chi connectivity index (χ2n) is 14.9. The molecule has 4 aliphatic rings. The highest BCUT2D eigenvalue weighted by molar-refractivity contribution is 9.10. The Kier molecular flexibility index (Phi) is 8.85. The molecule has 9 rings (SSSR count). The van der Waals surface area contributed by atoms with Gasteiger partial charge in [0, 0.05) is 38.8 Å². The average Bonchev–Trinajstić information content (AvgIpc) is 3.49. The zero-order chi connectivity index (χ0) is 38.7. The normalized spacial score (nSPS) is 25.5. The molecule has 278 valence electrons. The number of phenols is 1. The maximum Gasteiger partial charge on any atom is 0.238 e. The number of aromatic hydroxyl groups is 1. The van der Waals surface area contributed by atoms with Gasteiger partial charge in [-0.1, -0.05) is 106 Å². The molecule has 9 heteroatoms. The summed E-state index contributed by atoms with van der Waals surface area (Å²) >= 11 is 3.61. The number of halogens is 1. The number of hydrogen-bond donors (Lipinski definition) is 2. The van der Waals surface area contributed by atoms with E-state index in [4.69, 9.17) is 4.74 Å². The van der Waals surface area contributed by atoms with Gasteiger partial charge in [-0.3, -0.25) is 24.1 Å². The lowest BCUT2D eigenvalue weighted by molar-refractivity contribution is -0.135. The molecular formula is C47H37BrN2O6. The second-order valence-corrected chi connectivity index (χ2v) is 15.8. The van der Waals surface area contributed by atoms with Gasteiger partial charge in [0.15, 0.2) is 23.1 Å². The smallest absolute Gasteiger partial charge is 0.238 e. The number of carbonyl (C=O) groups excluding carboxylic acids is 4. The van der Waals surface area contributed by atoms with Crippen LogP contribution in [0.25, 0.3) is 5.57 Å². The van der Waals surface area contributed by atoms with Crippen molar-refractivity contribution < 1.29 is 29.0 Å². The van der Waals surface area contributed by atoms with E-state index < -0.39 is 35.0 Å². The number of amides is 2. The fourth-order valence-corrected chi connectivity index (χ4v) is 10.3. The zero-order valence-electron chi connectivity index (χ0n) is 30.4. The minimum Gasteiger partial charge on any atom is -0.504 e. The maximum absolute atomic E-state index is 15.3. The molecule has 0 bridgehead atoms. The summed E-state index contributed by atoms with van der Waals surface area (Å²) in [4.78, 5) is 60.9. The Balaban J connectivity index is 1.20. The summed E-state index contributed by atoms with van der Waals surface area (Å²) in [7, 11) is 1.46. The van der Waals surface area contributed by atoms with Crippen molar-refractivity contribution in [3.8, 4) is 11.5 Å². The van der Waals surface area contributed by atoms with Crippen molar-refractivity contribution in [3.63, 3.8) is 0 Å². The number of rotatable bonds is 7. The number of ether oxygens (including phenoxy) is 1. The van der Waals surface area contributed by atoms with Crippen molar-refractivity contribution in [2.75, 3.05) is 17.3 Å². The van der Waals surface area contributed by atoms with Crippen LogP contribution in [-0.4, -0.2) is 35.6 Å². The maximum atomic E-state index is 15.3. The Morgan fingerprint density at radius 3 is 2.11 bits per heavy atom. The fourth-order valence-electron chi connectivity index (χ4n) is 9.83. The third-order valence-electron chi connectivity index (χ3n) is 12.2. The lowest BCUT2D eigenvalue weighted by Gasteiger charge is -2.55. The highest BCUT2D eigenvalue weighted by Gasteiger charge is 2.66. The number of carbonyl (C=O) groups is 4. The van der Waals surface area contributed by atoms with E-state index in [1.165, 1.54) is 18.1 Å². The second kappa shape index (κ2) is 13.9. The van der Waals surface area contributed by atoms with Gasteiger partial charge in [-0.25, -0.2) is 0 Å². The summed E-state index contributed by atoms with van der Waals surface area (Å²) < 4.78 is 6.23. The summed E-state index contributed by atoms with van der Waals surface area (Å²) in [5.74, 6) is -4.93. The lowest BCUT2D eigenvalue weighted by atomic mass is 9.44. The number of methoxy groups -OCH3 is 1. The predicted molar refractivity (Wildman–Crippen MR) is 218 cm³/mol. The van der Waals surface area contributed by atoms with Gasteiger partial charge >= 0.3 is 0 Å². The van der Waals surface area contributed by atoms with Crippen LogP contribution >= 0.6 is 15.9 Å². The molecule has 1 aliphatic heterocycles. The van der Waals surface area contributed by atoms with Gasteiger partial charge in [0.1, 0.15) is 0 Å². The highest BCUT2D eigenvalue weighted by Crippen LogP contribution is 2.65. The van der Waals surface area contributed by atoms with Gasteiger partial charge in [0.05, 0.1) is 30.0 Å². The number of imide groups is 1. The van der Waals surface area contributed by atoms with E-state index in [0.29, 0.717) is 32.4 Å². The molecule has 3 aliphatic carbocycles. The number of phenolic OH excluding ortho intramolecular Hbond substituents is 1. The molecule has 2 N–H and O–H groups in total. The van der Waals surface area contributed by atoms with Crippen molar-refractivity contribution in [1.82, 2.24) is 0 Å². The van der Waals surface area contributed by atoms with Crippen LogP contribution < -0.4 is 15.0 Å². The molecule has 1 saturated heterocycles. The highest BCUT2D eigenvalue weighted by atomic mass is 79.9. The molecule has 5 aromatic rings. The third-order valence-corrected chi connectivity index (χ3v) is 12.6. The van der Waals surface area contributed by atoms with Gasteiger partial charge in [0.2, 0.25) is 11.8 Å². The fraction of sp³-hybridized carbons (Fsp3) is 0.191. The van der Waals surface area contributed by atoms with Crippen LogP contribution in [0.1, 0.15) is 35.4 Å². The van der Waals surface area contributed by atoms with Gasteiger partial charge in [-0.2, -0.15) is 0 Å². The Hall–Kier alpha value is -6.06. The lowest BCUT2D eigenvalue weighted by Crippen LogP contribution is -2.58. The quantitative estimate of drug-likeness (QED) is 0.125. The number of para-hydroxylation sites is 1. The van der Waals surface area contributed by atoms with Crippen molar-refractivity contribution >= 4 is 61.9 Å². The van der Waals surface area contributed by atoms with Crippen molar-refractivity contribution in [3.05, 3.63) is 166 Å².